The molecule has 8 nitrogen and oxygen atoms in total. The second-order valence-corrected chi connectivity index (χ2v) is 7.13. The lowest BCUT2D eigenvalue weighted by atomic mass is 10.1. The second-order valence-electron chi connectivity index (χ2n) is 6.72. The molecule has 0 radical (unpaired) electrons. The number of hydrogen-bond acceptors (Lipinski definition) is 6. The van der Waals surface area contributed by atoms with Crippen molar-refractivity contribution in [1.82, 2.24) is 15.3 Å². The molecule has 2 heterocycles. The first kappa shape index (κ1) is 20.5. The van der Waals surface area contributed by atoms with Crippen LogP contribution in [0.5, 0.6) is 0 Å². The number of aromatic nitrogens is 1. The van der Waals surface area contributed by atoms with Crippen molar-refractivity contribution in [2.24, 2.45) is 5.10 Å². The zero-order chi connectivity index (χ0) is 22.0. The van der Waals surface area contributed by atoms with Gasteiger partial charge in [0.15, 0.2) is 5.82 Å². The Morgan fingerprint density at radius 2 is 2.06 bits per heavy atom. The van der Waals surface area contributed by atoms with Crippen LogP contribution >= 0.6 is 11.6 Å². The van der Waals surface area contributed by atoms with Gasteiger partial charge in [-0.2, -0.15) is 5.12 Å². The van der Waals surface area contributed by atoms with Gasteiger partial charge in [-0.25, -0.2) is 13.8 Å². The van der Waals surface area contributed by atoms with Gasteiger partial charge in [-0.1, -0.05) is 29.8 Å². The Morgan fingerprint density at radius 1 is 1.29 bits per heavy atom. The number of methoxy groups -OCH3 is 1. The molecule has 0 saturated heterocycles. The molecule has 1 aromatic heterocycles. The number of fused-ring (bicyclic) bond motifs is 1. The number of benzene rings is 2. The molecule has 0 amide bonds. The molecule has 0 fully saturated rings. The topological polar surface area (TPSA) is 91.1 Å². The van der Waals surface area contributed by atoms with Crippen LogP contribution in [0, 0.1) is 5.82 Å². The number of carboxylic acid groups (broad SMARTS) is 1. The predicted octanol–water partition coefficient (Wildman–Crippen LogP) is 3.92. The van der Waals surface area contributed by atoms with E-state index in [9.17, 15) is 14.3 Å². The number of hydrazone groups is 1. The number of nitrogens with one attached hydrogen (secondary N) is 2. The maximum Gasteiger partial charge on any atom is 0.417 e. The third-order valence-electron chi connectivity index (χ3n) is 4.73. The number of hydrazine groups is 1. The van der Waals surface area contributed by atoms with Gasteiger partial charge in [0, 0.05) is 18.0 Å². The van der Waals surface area contributed by atoms with Crippen LogP contribution < -0.4 is 15.9 Å². The van der Waals surface area contributed by atoms with Crippen molar-refractivity contribution in [1.29, 1.82) is 0 Å². The molecule has 0 spiro atoms. The summed E-state index contributed by atoms with van der Waals surface area (Å²) >= 11 is 6.25. The van der Waals surface area contributed by atoms with E-state index in [1.165, 1.54) is 24.4 Å². The van der Waals surface area contributed by atoms with Crippen molar-refractivity contribution < 1.29 is 19.0 Å². The summed E-state index contributed by atoms with van der Waals surface area (Å²) in [5.41, 5.74) is 4.45. The average molecular weight is 444 g/mol. The number of hydrogen-bond donors (Lipinski definition) is 3. The van der Waals surface area contributed by atoms with Gasteiger partial charge in [-0.15, -0.1) is 5.10 Å². The van der Waals surface area contributed by atoms with E-state index in [-0.39, 0.29) is 17.5 Å². The van der Waals surface area contributed by atoms with E-state index in [4.69, 9.17) is 16.3 Å². The highest BCUT2D eigenvalue weighted by molar-refractivity contribution is 6.35. The van der Waals surface area contributed by atoms with Crippen LogP contribution in [-0.4, -0.2) is 35.3 Å². The molecule has 3 N–H and O–H groups in total. The molecule has 31 heavy (non-hydrogen) atoms. The summed E-state index contributed by atoms with van der Waals surface area (Å²) in [6, 6.07) is 13.0. The predicted molar refractivity (Wildman–Crippen MR) is 117 cm³/mol. The van der Waals surface area contributed by atoms with Gasteiger partial charge < -0.3 is 15.2 Å². The van der Waals surface area contributed by atoms with Crippen LogP contribution in [0.15, 0.2) is 65.5 Å². The van der Waals surface area contributed by atoms with E-state index in [0.717, 1.165) is 10.1 Å². The number of carbonyl (C=O) groups is 1. The monoisotopic (exact) mass is 443 g/mol. The van der Waals surface area contributed by atoms with Gasteiger partial charge >= 0.3 is 6.09 Å². The largest absolute Gasteiger partial charge is 0.480 e. The minimum absolute atomic E-state index is 0.246. The van der Waals surface area contributed by atoms with Gasteiger partial charge in [0.25, 0.3) is 0 Å². The highest BCUT2D eigenvalue weighted by atomic mass is 35.5. The Balaban J connectivity index is 1.57. The Kier molecular flexibility index (Phi) is 5.68. The van der Waals surface area contributed by atoms with Crippen molar-refractivity contribution in [3.8, 4) is 0 Å². The Hall–Kier alpha value is -3.72. The Morgan fingerprint density at radius 3 is 2.77 bits per heavy atom. The summed E-state index contributed by atoms with van der Waals surface area (Å²) in [7, 11) is 1.47. The Bertz CT molecular complexity index is 1190. The lowest BCUT2D eigenvalue weighted by Gasteiger charge is -2.27. The number of rotatable bonds is 5. The highest BCUT2D eigenvalue weighted by Crippen LogP contribution is 2.31. The van der Waals surface area contributed by atoms with Crippen LogP contribution in [0.2, 0.25) is 5.02 Å². The van der Waals surface area contributed by atoms with Crippen LogP contribution in [0.25, 0.3) is 10.9 Å². The van der Waals surface area contributed by atoms with Gasteiger partial charge in [-0.3, -0.25) is 5.43 Å². The van der Waals surface area contributed by atoms with E-state index < -0.39 is 6.09 Å². The second kappa shape index (κ2) is 8.57. The van der Waals surface area contributed by atoms with Crippen molar-refractivity contribution in [3.63, 3.8) is 0 Å². The fraction of sp³-hybridized carbons (Fsp3) is 0.143. The van der Waals surface area contributed by atoms with E-state index in [0.29, 0.717) is 34.7 Å². The average Bonchev–Trinajstić information content (AvgIpc) is 3.16. The molecule has 10 heteroatoms. The number of halogens is 2. The third-order valence-corrected chi connectivity index (χ3v) is 5.06. The zero-order valence-electron chi connectivity index (χ0n) is 16.5. The van der Waals surface area contributed by atoms with Crippen molar-refractivity contribution in [2.75, 3.05) is 18.8 Å². The molecular formula is C21H19ClFN5O3. The maximum atomic E-state index is 13.1. The molecule has 1 aliphatic heterocycles. The number of ether oxygens (including phenoxy) is 1. The molecule has 0 bridgehead atoms. The summed E-state index contributed by atoms with van der Waals surface area (Å²) in [4.78, 5) is 12.0. The molecule has 3 aromatic rings. The highest BCUT2D eigenvalue weighted by Gasteiger charge is 2.24. The van der Waals surface area contributed by atoms with Gasteiger partial charge in [0.1, 0.15) is 11.6 Å². The first-order valence-corrected chi connectivity index (χ1v) is 9.76. The lowest BCUT2D eigenvalue weighted by molar-refractivity contribution is 0.197. The molecule has 0 unspecified atom stereocenters. The van der Waals surface area contributed by atoms with Crippen LogP contribution in [0.1, 0.15) is 5.56 Å². The van der Waals surface area contributed by atoms with Crippen LogP contribution in [0.4, 0.5) is 15.0 Å². The molecule has 0 aliphatic carbocycles. The molecule has 2 aromatic carbocycles. The summed E-state index contributed by atoms with van der Waals surface area (Å²) in [5, 5.41) is 19.6. The zero-order valence-corrected chi connectivity index (χ0v) is 17.2. The quantitative estimate of drug-likeness (QED) is 0.553. The molecule has 0 atom stereocenters. The summed E-state index contributed by atoms with van der Waals surface area (Å²) in [6.07, 6.45) is 1.13. The smallest absolute Gasteiger partial charge is 0.417 e. The fourth-order valence-corrected chi connectivity index (χ4v) is 3.48. The lowest BCUT2D eigenvalue weighted by Crippen LogP contribution is -2.44. The van der Waals surface area contributed by atoms with Gasteiger partial charge in [-0.05, 0) is 42.3 Å². The molecular weight excluding hydrogens is 425 g/mol. The molecule has 1 aliphatic rings. The van der Waals surface area contributed by atoms with Gasteiger partial charge in [0.05, 0.1) is 17.6 Å². The minimum atomic E-state index is -1.18. The summed E-state index contributed by atoms with van der Waals surface area (Å²) in [5.74, 6) is 0.800. The third kappa shape index (κ3) is 4.26. The van der Waals surface area contributed by atoms with E-state index in [1.807, 2.05) is 0 Å². The first-order chi connectivity index (χ1) is 15.0. The van der Waals surface area contributed by atoms with Crippen LogP contribution in [0.3, 0.4) is 0 Å². The summed E-state index contributed by atoms with van der Waals surface area (Å²) < 4.78 is 19.4. The minimum Gasteiger partial charge on any atom is -0.480 e. The standard InChI is InChI=1S/C21H19ClFN5O3/c1-31-19-12-18(24-10-9-13-5-7-14(23)8-6-13)25-28(26-19)20-11-15-16(22)3-2-4-17(15)27(20)21(29)30/h2-8,11-12,24-25H,9-10H2,1H3,(H,29,30). The molecule has 0 saturated carbocycles. The van der Waals surface area contributed by atoms with Crippen molar-refractivity contribution in [2.45, 2.75) is 6.42 Å². The van der Waals surface area contributed by atoms with Crippen molar-refractivity contribution in [3.05, 3.63) is 76.8 Å². The van der Waals surface area contributed by atoms with Crippen LogP contribution in [-0.2, 0) is 11.2 Å². The molecule has 4 rings (SSSR count). The fourth-order valence-electron chi connectivity index (χ4n) is 3.25. The van der Waals surface area contributed by atoms with E-state index in [2.05, 4.69) is 15.8 Å². The first-order valence-electron chi connectivity index (χ1n) is 9.39. The molecule has 160 valence electrons. The number of nitrogens with zero attached hydrogens (tertiary/aromatic N) is 3. The summed E-state index contributed by atoms with van der Waals surface area (Å²) in [6.45, 7) is 0.545. The van der Waals surface area contributed by atoms with E-state index >= 15 is 0 Å². The maximum absolute atomic E-state index is 13.1. The normalized spacial score (nSPS) is 13.5. The SMILES string of the molecule is COC1=NN(c2cc3c(Cl)cccc3n2C(=O)O)NC(NCCc2ccc(F)cc2)=C1. The van der Waals surface area contributed by atoms with E-state index in [1.54, 1.807) is 42.5 Å². The van der Waals surface area contributed by atoms with Crippen molar-refractivity contribution >= 4 is 40.3 Å². The van der Waals surface area contributed by atoms with Gasteiger partial charge in [0.2, 0.25) is 5.90 Å². The number of anilines is 1. The Labute approximate surface area is 182 Å².